The second kappa shape index (κ2) is 6.92. The molecule has 4 amide bonds. The first-order valence-electron chi connectivity index (χ1n) is 8.24. The van der Waals surface area contributed by atoms with Crippen molar-refractivity contribution in [3.8, 4) is 0 Å². The van der Waals surface area contributed by atoms with Gasteiger partial charge in [0, 0.05) is 6.21 Å². The summed E-state index contributed by atoms with van der Waals surface area (Å²) in [6.45, 7) is 5.75. The number of aryl methyl sites for hydroxylation is 3. The monoisotopic (exact) mass is 349 g/mol. The number of nitrogens with zero attached hydrogens (tertiary/aromatic N) is 2. The molecule has 1 aliphatic heterocycles. The average molecular weight is 349 g/mol. The molecule has 1 saturated heterocycles. The van der Waals surface area contributed by atoms with Gasteiger partial charge in [-0.2, -0.15) is 0 Å². The van der Waals surface area contributed by atoms with Crippen LogP contribution in [0.1, 0.15) is 16.7 Å². The van der Waals surface area contributed by atoms with Crippen LogP contribution in [0, 0.1) is 26.7 Å². The number of amides is 4. The van der Waals surface area contributed by atoms with Gasteiger partial charge in [0.05, 0.1) is 11.4 Å². The van der Waals surface area contributed by atoms with Gasteiger partial charge in [-0.15, -0.1) is 0 Å². The molecule has 0 spiro atoms. The Morgan fingerprint density at radius 1 is 1.00 bits per heavy atom. The number of carbonyl (C=O) groups is 3. The Hall–Kier alpha value is -3.28. The largest absolute Gasteiger partial charge is 0.335 e. The summed E-state index contributed by atoms with van der Waals surface area (Å²) in [6.07, 6.45) is 1.30. The zero-order chi connectivity index (χ0) is 18.8. The van der Waals surface area contributed by atoms with Crippen molar-refractivity contribution < 1.29 is 14.4 Å². The maximum absolute atomic E-state index is 12.8. The van der Waals surface area contributed by atoms with Crippen LogP contribution < -0.4 is 10.2 Å². The molecule has 1 heterocycles. The molecule has 0 bridgehead atoms. The average Bonchev–Trinajstić information content (AvgIpc) is 2.56. The topological polar surface area (TPSA) is 78.8 Å². The van der Waals surface area contributed by atoms with E-state index in [2.05, 4.69) is 10.3 Å². The highest BCUT2D eigenvalue weighted by atomic mass is 16.2. The van der Waals surface area contributed by atoms with Gasteiger partial charge < -0.3 is 0 Å². The van der Waals surface area contributed by atoms with Crippen LogP contribution in [0.25, 0.3) is 0 Å². The van der Waals surface area contributed by atoms with E-state index in [1.807, 2.05) is 45.0 Å². The highest BCUT2D eigenvalue weighted by Gasteiger charge is 2.40. The third kappa shape index (κ3) is 3.39. The van der Waals surface area contributed by atoms with Crippen molar-refractivity contribution in [2.75, 3.05) is 4.90 Å². The lowest BCUT2D eigenvalue weighted by Gasteiger charge is -2.28. The molecule has 6 heteroatoms. The van der Waals surface area contributed by atoms with Crippen LogP contribution in [0.5, 0.6) is 0 Å². The molecule has 0 radical (unpaired) electrons. The van der Waals surface area contributed by atoms with Gasteiger partial charge in [-0.25, -0.2) is 9.69 Å². The fourth-order valence-electron chi connectivity index (χ4n) is 2.84. The van der Waals surface area contributed by atoms with Gasteiger partial charge in [-0.05, 0) is 50.1 Å². The normalized spacial score (nSPS) is 17.7. The van der Waals surface area contributed by atoms with Crippen LogP contribution in [-0.2, 0) is 9.59 Å². The van der Waals surface area contributed by atoms with Crippen LogP contribution in [0.15, 0.2) is 47.5 Å². The molecule has 1 N–H and O–H groups in total. The number of urea groups is 1. The number of aliphatic imine (C=N–C) groups is 1. The van der Waals surface area contributed by atoms with Gasteiger partial charge in [0.2, 0.25) is 5.91 Å². The van der Waals surface area contributed by atoms with Gasteiger partial charge in [-0.3, -0.25) is 19.9 Å². The quantitative estimate of drug-likeness (QED) is 0.682. The Morgan fingerprint density at radius 2 is 1.73 bits per heavy atom. The van der Waals surface area contributed by atoms with Crippen molar-refractivity contribution in [1.29, 1.82) is 0 Å². The lowest BCUT2D eigenvalue weighted by Crippen LogP contribution is -2.58. The first-order chi connectivity index (χ1) is 12.4. The van der Waals surface area contributed by atoms with Crippen molar-refractivity contribution >= 4 is 35.4 Å². The minimum absolute atomic E-state index is 0.421. The molecule has 3 rings (SSSR count). The Morgan fingerprint density at radius 3 is 2.42 bits per heavy atom. The molecule has 6 nitrogen and oxygen atoms in total. The zero-order valence-electron chi connectivity index (χ0n) is 14.8. The summed E-state index contributed by atoms with van der Waals surface area (Å²) in [7, 11) is 0. The summed E-state index contributed by atoms with van der Waals surface area (Å²) in [5, 5.41) is 2.22. The van der Waals surface area contributed by atoms with E-state index < -0.39 is 23.8 Å². The first-order valence-corrected chi connectivity index (χ1v) is 8.24. The Labute approximate surface area is 151 Å². The van der Waals surface area contributed by atoms with E-state index in [-0.39, 0.29) is 0 Å². The van der Waals surface area contributed by atoms with Crippen LogP contribution >= 0.6 is 0 Å². The van der Waals surface area contributed by atoms with E-state index in [9.17, 15) is 14.4 Å². The molecule has 1 fully saturated rings. The molecule has 132 valence electrons. The second-order valence-corrected chi connectivity index (χ2v) is 6.35. The number of rotatable bonds is 3. The number of nitrogens with one attached hydrogen (secondary N) is 1. The van der Waals surface area contributed by atoms with Crippen LogP contribution in [0.4, 0.5) is 16.2 Å². The summed E-state index contributed by atoms with van der Waals surface area (Å²) in [5.74, 6) is -2.44. The Bertz CT molecular complexity index is 934. The SMILES string of the molecule is Cc1cccc(N2C(=O)NC(=O)[C@H](C=Nc3ccc(C)cc3C)C2=O)c1. The van der Waals surface area contributed by atoms with E-state index in [0.29, 0.717) is 11.4 Å². The van der Waals surface area contributed by atoms with Gasteiger partial charge in [0.25, 0.3) is 5.91 Å². The highest BCUT2D eigenvalue weighted by Crippen LogP contribution is 2.23. The lowest BCUT2D eigenvalue weighted by atomic mass is 10.0. The molecule has 1 aliphatic rings. The number of anilines is 1. The fraction of sp³-hybridized carbons (Fsp3) is 0.200. The summed E-state index contributed by atoms with van der Waals surface area (Å²) in [4.78, 5) is 42.4. The van der Waals surface area contributed by atoms with Crippen molar-refractivity contribution in [2.45, 2.75) is 20.8 Å². The molecule has 0 aliphatic carbocycles. The molecule has 1 atom stereocenters. The van der Waals surface area contributed by atoms with Crippen LogP contribution in [0.2, 0.25) is 0 Å². The van der Waals surface area contributed by atoms with E-state index >= 15 is 0 Å². The third-order valence-corrected chi connectivity index (χ3v) is 4.18. The van der Waals surface area contributed by atoms with E-state index in [1.54, 1.807) is 18.2 Å². The zero-order valence-corrected chi connectivity index (χ0v) is 14.8. The summed E-state index contributed by atoms with van der Waals surface area (Å²) >= 11 is 0. The number of hydrogen-bond acceptors (Lipinski definition) is 4. The fourth-order valence-corrected chi connectivity index (χ4v) is 2.84. The number of carbonyl (C=O) groups excluding carboxylic acids is 3. The number of imide groups is 2. The third-order valence-electron chi connectivity index (χ3n) is 4.18. The summed E-state index contributed by atoms with van der Waals surface area (Å²) in [5.41, 5.74) is 4.04. The second-order valence-electron chi connectivity index (χ2n) is 6.35. The van der Waals surface area contributed by atoms with Gasteiger partial charge in [0.15, 0.2) is 5.92 Å². The summed E-state index contributed by atoms with van der Waals surface area (Å²) < 4.78 is 0. The highest BCUT2D eigenvalue weighted by molar-refractivity contribution is 6.32. The smallest absolute Gasteiger partial charge is 0.276 e. The minimum atomic E-state index is -1.16. The van der Waals surface area contributed by atoms with Crippen molar-refractivity contribution in [3.63, 3.8) is 0 Å². The number of hydrogen-bond donors (Lipinski definition) is 1. The molecule has 2 aromatic rings. The molecule has 0 aromatic heterocycles. The maximum Gasteiger partial charge on any atom is 0.335 e. The van der Waals surface area contributed by atoms with E-state index in [1.165, 1.54) is 6.21 Å². The molecule has 26 heavy (non-hydrogen) atoms. The minimum Gasteiger partial charge on any atom is -0.276 e. The Kier molecular flexibility index (Phi) is 4.67. The Balaban J connectivity index is 1.91. The van der Waals surface area contributed by atoms with Crippen LogP contribution in [0.3, 0.4) is 0 Å². The molecule has 2 aromatic carbocycles. The van der Waals surface area contributed by atoms with Crippen molar-refractivity contribution in [1.82, 2.24) is 5.32 Å². The summed E-state index contributed by atoms with van der Waals surface area (Å²) in [6, 6.07) is 11.9. The van der Waals surface area contributed by atoms with Gasteiger partial charge in [-0.1, -0.05) is 29.8 Å². The molecular formula is C20H19N3O3. The molecule has 0 unspecified atom stereocenters. The van der Waals surface area contributed by atoms with Gasteiger partial charge in [0.1, 0.15) is 0 Å². The van der Waals surface area contributed by atoms with Crippen molar-refractivity contribution in [3.05, 3.63) is 59.2 Å². The molecule has 0 saturated carbocycles. The van der Waals surface area contributed by atoms with E-state index in [0.717, 1.165) is 21.6 Å². The first kappa shape index (κ1) is 17.5. The maximum atomic E-state index is 12.8. The number of barbiturate groups is 1. The van der Waals surface area contributed by atoms with Crippen LogP contribution in [-0.4, -0.2) is 24.1 Å². The van der Waals surface area contributed by atoms with Crippen molar-refractivity contribution in [2.24, 2.45) is 10.9 Å². The standard InChI is InChI=1S/C20H19N3O3/c1-12-5-4-6-15(10-12)23-19(25)16(18(24)22-20(23)26)11-21-17-8-7-13(2)9-14(17)3/h4-11,16H,1-3H3,(H,22,24,26)/t16-/m0/s1. The predicted molar refractivity (Wildman–Crippen MR) is 99.8 cm³/mol. The number of benzene rings is 2. The lowest BCUT2D eigenvalue weighted by molar-refractivity contribution is -0.131. The van der Waals surface area contributed by atoms with E-state index in [4.69, 9.17) is 0 Å². The van der Waals surface area contributed by atoms with Gasteiger partial charge >= 0.3 is 6.03 Å². The predicted octanol–water partition coefficient (Wildman–Crippen LogP) is 3.21. The molecular weight excluding hydrogens is 330 g/mol.